The van der Waals surface area contributed by atoms with Crippen LogP contribution in [0.4, 0.5) is 10.5 Å². The van der Waals surface area contributed by atoms with Crippen LogP contribution in [0.5, 0.6) is 0 Å². The van der Waals surface area contributed by atoms with Crippen molar-refractivity contribution in [1.82, 2.24) is 10.6 Å². The third-order valence-electron chi connectivity index (χ3n) is 3.95. The van der Waals surface area contributed by atoms with Gasteiger partial charge >= 0.3 is 6.03 Å². The van der Waals surface area contributed by atoms with Crippen LogP contribution in [0.25, 0.3) is 0 Å². The van der Waals surface area contributed by atoms with Gasteiger partial charge in [0.25, 0.3) is 0 Å². The van der Waals surface area contributed by atoms with Gasteiger partial charge in [0, 0.05) is 11.7 Å². The molecule has 1 heterocycles. The third-order valence-corrected chi connectivity index (χ3v) is 3.95. The van der Waals surface area contributed by atoms with Crippen LogP contribution >= 0.6 is 0 Å². The standard InChI is InChI=1S/C19H23N3O4/c1-13(18(23)22-19(24)21-15-7-8-15)20-16-5-2-4-14(10-16)11-25-12-17-6-3-9-26-17/h2-6,9-10,13,15,20H,7-8,11-12H2,1H3,(H2,21,22,23,24). The second kappa shape index (κ2) is 8.53. The van der Waals surface area contributed by atoms with E-state index in [1.165, 1.54) is 0 Å². The Morgan fingerprint density at radius 1 is 1.23 bits per heavy atom. The van der Waals surface area contributed by atoms with Gasteiger partial charge in [-0.25, -0.2) is 4.79 Å². The monoisotopic (exact) mass is 357 g/mol. The highest BCUT2D eigenvalue weighted by Gasteiger charge is 2.24. The minimum atomic E-state index is -0.542. The number of carbonyl (C=O) groups excluding carboxylic acids is 2. The van der Waals surface area contributed by atoms with Gasteiger partial charge in [0.2, 0.25) is 5.91 Å². The molecule has 7 nitrogen and oxygen atoms in total. The molecule has 3 amide bonds. The molecule has 7 heteroatoms. The lowest BCUT2D eigenvalue weighted by atomic mass is 10.2. The Balaban J connectivity index is 1.45. The number of urea groups is 1. The predicted octanol–water partition coefficient (Wildman–Crippen LogP) is 2.79. The molecule has 0 bridgehead atoms. The molecule has 1 aliphatic rings. The van der Waals surface area contributed by atoms with Crippen molar-refractivity contribution in [3.63, 3.8) is 0 Å². The van der Waals surface area contributed by atoms with Gasteiger partial charge in [-0.3, -0.25) is 10.1 Å². The van der Waals surface area contributed by atoms with Gasteiger partial charge in [0.05, 0.1) is 12.9 Å². The van der Waals surface area contributed by atoms with Crippen LogP contribution in [-0.2, 0) is 22.7 Å². The number of anilines is 1. The highest BCUT2D eigenvalue weighted by Crippen LogP contribution is 2.18. The van der Waals surface area contributed by atoms with Gasteiger partial charge in [-0.15, -0.1) is 0 Å². The molecule has 1 atom stereocenters. The molecule has 0 aliphatic heterocycles. The fourth-order valence-corrected chi connectivity index (χ4v) is 2.40. The van der Waals surface area contributed by atoms with E-state index in [4.69, 9.17) is 9.15 Å². The van der Waals surface area contributed by atoms with E-state index >= 15 is 0 Å². The molecule has 1 aromatic heterocycles. The number of ether oxygens (including phenoxy) is 1. The summed E-state index contributed by atoms with van der Waals surface area (Å²) in [7, 11) is 0. The Hall–Kier alpha value is -2.80. The summed E-state index contributed by atoms with van der Waals surface area (Å²) in [6.45, 7) is 2.54. The van der Waals surface area contributed by atoms with Crippen LogP contribution in [0.1, 0.15) is 31.1 Å². The first kappa shape index (κ1) is 18.0. The number of imide groups is 1. The van der Waals surface area contributed by atoms with E-state index in [9.17, 15) is 9.59 Å². The maximum absolute atomic E-state index is 12.1. The van der Waals surface area contributed by atoms with Crippen molar-refractivity contribution in [3.05, 3.63) is 54.0 Å². The fourth-order valence-electron chi connectivity index (χ4n) is 2.40. The SMILES string of the molecule is CC(Nc1cccc(COCc2ccco2)c1)C(=O)NC(=O)NC1CC1. The van der Waals surface area contributed by atoms with E-state index in [0.717, 1.165) is 29.9 Å². The minimum Gasteiger partial charge on any atom is -0.467 e. The van der Waals surface area contributed by atoms with Gasteiger partial charge in [0.15, 0.2) is 0 Å². The molecule has 1 saturated carbocycles. The summed E-state index contributed by atoms with van der Waals surface area (Å²) in [5.74, 6) is 0.400. The molecule has 2 aromatic rings. The zero-order valence-electron chi connectivity index (χ0n) is 14.7. The van der Waals surface area contributed by atoms with E-state index < -0.39 is 12.1 Å². The molecule has 0 spiro atoms. The molecule has 1 aromatic carbocycles. The molecule has 1 unspecified atom stereocenters. The van der Waals surface area contributed by atoms with Crippen molar-refractivity contribution in [2.75, 3.05) is 5.32 Å². The summed E-state index contributed by atoms with van der Waals surface area (Å²) in [5.41, 5.74) is 1.76. The Bertz CT molecular complexity index is 741. The average Bonchev–Trinajstić information content (AvgIpc) is 3.26. The molecule has 0 radical (unpaired) electrons. The fraction of sp³-hybridized carbons (Fsp3) is 0.368. The van der Waals surface area contributed by atoms with E-state index in [-0.39, 0.29) is 11.9 Å². The highest BCUT2D eigenvalue weighted by molar-refractivity contribution is 5.98. The number of nitrogens with one attached hydrogen (secondary N) is 3. The maximum Gasteiger partial charge on any atom is 0.321 e. The van der Waals surface area contributed by atoms with Gasteiger partial charge in [0.1, 0.15) is 18.4 Å². The number of rotatable bonds is 8. The predicted molar refractivity (Wildman–Crippen MR) is 96.4 cm³/mol. The van der Waals surface area contributed by atoms with Gasteiger partial charge in [-0.05, 0) is 49.6 Å². The maximum atomic E-state index is 12.1. The molecule has 1 fully saturated rings. The Kier molecular flexibility index (Phi) is 5.91. The lowest BCUT2D eigenvalue weighted by molar-refractivity contribution is -0.120. The molecule has 1 aliphatic carbocycles. The minimum absolute atomic E-state index is 0.212. The molecule has 3 rings (SSSR count). The molecular weight excluding hydrogens is 334 g/mol. The van der Waals surface area contributed by atoms with E-state index in [1.54, 1.807) is 13.2 Å². The van der Waals surface area contributed by atoms with Crippen molar-refractivity contribution in [1.29, 1.82) is 0 Å². The Morgan fingerprint density at radius 3 is 2.81 bits per heavy atom. The van der Waals surface area contributed by atoms with Crippen molar-refractivity contribution in [3.8, 4) is 0 Å². The van der Waals surface area contributed by atoms with Gasteiger partial charge in [-0.1, -0.05) is 12.1 Å². The molecule has 138 valence electrons. The molecule has 26 heavy (non-hydrogen) atoms. The van der Waals surface area contributed by atoms with E-state index in [2.05, 4.69) is 16.0 Å². The topological polar surface area (TPSA) is 92.6 Å². The van der Waals surface area contributed by atoms with Crippen LogP contribution in [0.3, 0.4) is 0 Å². The molecule has 0 saturated heterocycles. The summed E-state index contributed by atoms with van der Waals surface area (Å²) in [5, 5.41) is 8.17. The van der Waals surface area contributed by atoms with Crippen molar-refractivity contribution in [2.24, 2.45) is 0 Å². The van der Waals surface area contributed by atoms with Crippen LogP contribution < -0.4 is 16.0 Å². The number of furan rings is 1. The first-order chi connectivity index (χ1) is 12.6. The first-order valence-corrected chi connectivity index (χ1v) is 8.67. The van der Waals surface area contributed by atoms with Crippen LogP contribution in [-0.4, -0.2) is 24.0 Å². The largest absolute Gasteiger partial charge is 0.467 e. The molecular formula is C19H23N3O4. The van der Waals surface area contributed by atoms with Crippen LogP contribution in [0, 0.1) is 0 Å². The highest BCUT2D eigenvalue weighted by atomic mass is 16.5. The second-order valence-corrected chi connectivity index (χ2v) is 6.38. The summed E-state index contributed by atoms with van der Waals surface area (Å²) in [4.78, 5) is 23.7. The zero-order valence-corrected chi connectivity index (χ0v) is 14.7. The average molecular weight is 357 g/mol. The zero-order chi connectivity index (χ0) is 18.4. The van der Waals surface area contributed by atoms with Gasteiger partial charge in [-0.2, -0.15) is 0 Å². The second-order valence-electron chi connectivity index (χ2n) is 6.38. The molecule has 3 N–H and O–H groups in total. The Morgan fingerprint density at radius 2 is 2.08 bits per heavy atom. The van der Waals surface area contributed by atoms with Crippen LogP contribution in [0.15, 0.2) is 47.1 Å². The van der Waals surface area contributed by atoms with Crippen molar-refractivity contribution >= 4 is 17.6 Å². The van der Waals surface area contributed by atoms with Gasteiger partial charge < -0.3 is 19.8 Å². The van der Waals surface area contributed by atoms with Crippen molar-refractivity contribution < 1.29 is 18.7 Å². The normalized spacial score (nSPS) is 14.5. The number of hydrogen-bond donors (Lipinski definition) is 3. The number of benzene rings is 1. The number of carbonyl (C=O) groups is 2. The summed E-state index contributed by atoms with van der Waals surface area (Å²) in [6, 6.07) is 10.5. The van der Waals surface area contributed by atoms with Crippen LogP contribution in [0.2, 0.25) is 0 Å². The summed E-state index contributed by atoms with van der Waals surface area (Å²) >= 11 is 0. The summed E-state index contributed by atoms with van der Waals surface area (Å²) < 4.78 is 10.8. The first-order valence-electron chi connectivity index (χ1n) is 8.67. The Labute approximate surface area is 152 Å². The number of amides is 3. The number of hydrogen-bond acceptors (Lipinski definition) is 5. The van der Waals surface area contributed by atoms with E-state index in [0.29, 0.717) is 13.2 Å². The smallest absolute Gasteiger partial charge is 0.321 e. The lowest BCUT2D eigenvalue weighted by Crippen LogP contribution is -2.46. The lowest BCUT2D eigenvalue weighted by Gasteiger charge is -2.15. The third kappa shape index (κ3) is 5.63. The van der Waals surface area contributed by atoms with E-state index in [1.807, 2.05) is 36.4 Å². The van der Waals surface area contributed by atoms with Crippen molar-refractivity contribution in [2.45, 2.75) is 45.1 Å². The quantitative estimate of drug-likeness (QED) is 0.676. The summed E-state index contributed by atoms with van der Waals surface area (Å²) in [6.07, 6.45) is 3.56.